The molecule has 3 heteroatoms. The molecule has 78 valence electrons. The van der Waals surface area contributed by atoms with E-state index >= 15 is 0 Å². The zero-order chi connectivity index (χ0) is 9.52. The maximum absolute atomic E-state index is 3.53. The van der Waals surface area contributed by atoms with Crippen molar-refractivity contribution >= 4 is 11.8 Å². The van der Waals surface area contributed by atoms with Gasteiger partial charge in [0.2, 0.25) is 0 Å². The Bertz CT molecular complexity index is 118. The zero-order valence-electron chi connectivity index (χ0n) is 8.88. The first-order valence-corrected chi connectivity index (χ1v) is 6.55. The summed E-state index contributed by atoms with van der Waals surface area (Å²) in [5.74, 6) is 2.45. The van der Waals surface area contributed by atoms with Crippen molar-refractivity contribution in [2.75, 3.05) is 31.3 Å². The molecule has 1 rings (SSSR count). The summed E-state index contributed by atoms with van der Waals surface area (Å²) >= 11 is 2.02. The Labute approximate surface area is 86.5 Å². The Morgan fingerprint density at radius 1 is 1.31 bits per heavy atom. The first-order chi connectivity index (χ1) is 6.36. The average Bonchev–Trinajstić information content (AvgIpc) is 2.58. The van der Waals surface area contributed by atoms with E-state index in [2.05, 4.69) is 24.1 Å². The molecule has 1 N–H and O–H groups in total. The summed E-state index contributed by atoms with van der Waals surface area (Å²) in [6.45, 7) is 8.29. The third kappa shape index (κ3) is 4.34. The molecule has 13 heavy (non-hydrogen) atoms. The van der Waals surface area contributed by atoms with Crippen LogP contribution in [0.1, 0.15) is 26.7 Å². The molecule has 0 spiro atoms. The highest BCUT2D eigenvalue weighted by Gasteiger charge is 2.16. The summed E-state index contributed by atoms with van der Waals surface area (Å²) in [4.78, 5) is 2.59. The summed E-state index contributed by atoms with van der Waals surface area (Å²) in [6.07, 6.45) is 2.56. The summed E-state index contributed by atoms with van der Waals surface area (Å²) < 4.78 is 0. The van der Waals surface area contributed by atoms with E-state index in [1.54, 1.807) is 0 Å². The van der Waals surface area contributed by atoms with Crippen LogP contribution in [0.3, 0.4) is 0 Å². The normalized spacial score (nSPS) is 22.8. The van der Waals surface area contributed by atoms with E-state index in [0.717, 1.165) is 11.9 Å². The van der Waals surface area contributed by atoms with Crippen LogP contribution in [0.4, 0.5) is 0 Å². The first kappa shape index (κ1) is 11.3. The van der Waals surface area contributed by atoms with Gasteiger partial charge in [-0.25, -0.2) is 0 Å². The number of rotatable bonds is 6. The van der Waals surface area contributed by atoms with Gasteiger partial charge in [-0.05, 0) is 25.9 Å². The van der Waals surface area contributed by atoms with Gasteiger partial charge in [0.1, 0.15) is 0 Å². The SMILES string of the molecule is CCCN(CCC)CC1CSCN1. The van der Waals surface area contributed by atoms with Gasteiger partial charge in [-0.2, -0.15) is 0 Å². The van der Waals surface area contributed by atoms with Crippen LogP contribution < -0.4 is 5.32 Å². The highest BCUT2D eigenvalue weighted by molar-refractivity contribution is 7.99. The lowest BCUT2D eigenvalue weighted by atomic mass is 10.2. The summed E-state index contributed by atoms with van der Waals surface area (Å²) in [5.41, 5.74) is 0. The van der Waals surface area contributed by atoms with Gasteiger partial charge in [-0.3, -0.25) is 0 Å². The Kier molecular flexibility index (Phi) is 5.83. The molecule has 1 atom stereocenters. The molecule has 0 aromatic carbocycles. The van der Waals surface area contributed by atoms with E-state index in [-0.39, 0.29) is 0 Å². The minimum atomic E-state index is 0.739. The maximum atomic E-state index is 3.53. The Morgan fingerprint density at radius 2 is 2.00 bits per heavy atom. The molecule has 1 unspecified atom stereocenters. The Morgan fingerprint density at radius 3 is 2.46 bits per heavy atom. The summed E-state index contributed by atoms with van der Waals surface area (Å²) in [7, 11) is 0. The molecule has 0 aromatic heterocycles. The molecule has 0 aliphatic carbocycles. The van der Waals surface area contributed by atoms with Gasteiger partial charge in [0.15, 0.2) is 0 Å². The van der Waals surface area contributed by atoms with Crippen LogP contribution in [0.2, 0.25) is 0 Å². The number of thioether (sulfide) groups is 1. The fourth-order valence-corrected chi connectivity index (χ4v) is 2.77. The van der Waals surface area contributed by atoms with Gasteiger partial charge >= 0.3 is 0 Å². The third-order valence-corrected chi connectivity index (χ3v) is 3.36. The van der Waals surface area contributed by atoms with Crippen molar-refractivity contribution in [1.29, 1.82) is 0 Å². The maximum Gasteiger partial charge on any atom is 0.0421 e. The van der Waals surface area contributed by atoms with Crippen molar-refractivity contribution in [3.8, 4) is 0 Å². The number of hydrogen-bond acceptors (Lipinski definition) is 3. The molecule has 0 bridgehead atoms. The van der Waals surface area contributed by atoms with Crippen LogP contribution in [0.25, 0.3) is 0 Å². The highest BCUT2D eigenvalue weighted by Crippen LogP contribution is 2.11. The second kappa shape index (κ2) is 6.68. The van der Waals surface area contributed by atoms with Crippen LogP contribution in [-0.4, -0.2) is 42.2 Å². The van der Waals surface area contributed by atoms with E-state index < -0.39 is 0 Å². The lowest BCUT2D eigenvalue weighted by Crippen LogP contribution is -2.39. The number of nitrogens with zero attached hydrogens (tertiary/aromatic N) is 1. The largest absolute Gasteiger partial charge is 0.303 e. The lowest BCUT2D eigenvalue weighted by molar-refractivity contribution is 0.255. The first-order valence-electron chi connectivity index (χ1n) is 5.40. The summed E-state index contributed by atoms with van der Waals surface area (Å²) in [5, 5.41) is 3.53. The smallest absolute Gasteiger partial charge is 0.0421 e. The van der Waals surface area contributed by atoms with Gasteiger partial charge in [-0.1, -0.05) is 13.8 Å². The van der Waals surface area contributed by atoms with Crippen molar-refractivity contribution in [2.24, 2.45) is 0 Å². The molecule has 1 fully saturated rings. The lowest BCUT2D eigenvalue weighted by Gasteiger charge is -2.24. The van der Waals surface area contributed by atoms with Gasteiger partial charge in [0.05, 0.1) is 0 Å². The highest BCUT2D eigenvalue weighted by atomic mass is 32.2. The van der Waals surface area contributed by atoms with Crippen molar-refractivity contribution in [3.05, 3.63) is 0 Å². The average molecular weight is 202 g/mol. The van der Waals surface area contributed by atoms with Crippen molar-refractivity contribution in [3.63, 3.8) is 0 Å². The molecule has 0 aromatic rings. The fraction of sp³-hybridized carbons (Fsp3) is 1.00. The molecule has 0 saturated carbocycles. The van der Waals surface area contributed by atoms with Gasteiger partial charge in [0, 0.05) is 24.2 Å². The predicted molar refractivity (Wildman–Crippen MR) is 61.3 cm³/mol. The summed E-state index contributed by atoms with van der Waals surface area (Å²) in [6, 6.07) is 0.739. The van der Waals surface area contributed by atoms with Gasteiger partial charge in [-0.15, -0.1) is 11.8 Å². The van der Waals surface area contributed by atoms with E-state index in [1.807, 2.05) is 11.8 Å². The molecular formula is C10H22N2S. The molecular weight excluding hydrogens is 180 g/mol. The van der Waals surface area contributed by atoms with Crippen LogP contribution >= 0.6 is 11.8 Å². The molecule has 0 radical (unpaired) electrons. The molecule has 1 aliphatic rings. The van der Waals surface area contributed by atoms with E-state index in [1.165, 1.54) is 38.2 Å². The monoisotopic (exact) mass is 202 g/mol. The van der Waals surface area contributed by atoms with Crippen LogP contribution in [-0.2, 0) is 0 Å². The fourth-order valence-electron chi connectivity index (χ4n) is 1.79. The zero-order valence-corrected chi connectivity index (χ0v) is 9.70. The molecule has 2 nitrogen and oxygen atoms in total. The Hall–Kier alpha value is 0.270. The van der Waals surface area contributed by atoms with Gasteiger partial charge < -0.3 is 10.2 Å². The van der Waals surface area contributed by atoms with Gasteiger partial charge in [0.25, 0.3) is 0 Å². The minimum absolute atomic E-state index is 0.739. The van der Waals surface area contributed by atoms with E-state index in [0.29, 0.717) is 0 Å². The minimum Gasteiger partial charge on any atom is -0.303 e. The number of nitrogens with one attached hydrogen (secondary N) is 1. The van der Waals surface area contributed by atoms with Crippen LogP contribution in [0.5, 0.6) is 0 Å². The van der Waals surface area contributed by atoms with Crippen molar-refractivity contribution in [2.45, 2.75) is 32.7 Å². The molecule has 1 aliphatic heterocycles. The second-order valence-electron chi connectivity index (χ2n) is 3.72. The van der Waals surface area contributed by atoms with E-state index in [4.69, 9.17) is 0 Å². The molecule has 1 saturated heterocycles. The quantitative estimate of drug-likeness (QED) is 0.707. The predicted octanol–water partition coefficient (Wildman–Crippen LogP) is 1.77. The third-order valence-electron chi connectivity index (χ3n) is 2.35. The van der Waals surface area contributed by atoms with Crippen LogP contribution in [0, 0.1) is 0 Å². The van der Waals surface area contributed by atoms with Crippen molar-refractivity contribution in [1.82, 2.24) is 10.2 Å². The Balaban J connectivity index is 2.19. The van der Waals surface area contributed by atoms with Crippen molar-refractivity contribution < 1.29 is 0 Å². The van der Waals surface area contributed by atoms with Crippen LogP contribution in [0.15, 0.2) is 0 Å². The second-order valence-corrected chi connectivity index (χ2v) is 4.75. The molecule has 1 heterocycles. The number of hydrogen-bond donors (Lipinski definition) is 1. The molecule has 0 amide bonds. The topological polar surface area (TPSA) is 15.3 Å². The van der Waals surface area contributed by atoms with E-state index in [9.17, 15) is 0 Å². The standard InChI is InChI=1S/C10H22N2S/c1-3-5-12(6-4-2)7-10-8-13-9-11-10/h10-11H,3-9H2,1-2H3.